The van der Waals surface area contributed by atoms with Crippen molar-refractivity contribution in [3.8, 4) is 22.1 Å². The summed E-state index contributed by atoms with van der Waals surface area (Å²) in [6.45, 7) is 7.91. The van der Waals surface area contributed by atoms with Crippen molar-refractivity contribution in [3.05, 3.63) is 65.2 Å². The number of benzene rings is 2. The summed E-state index contributed by atoms with van der Waals surface area (Å²) >= 11 is 1.66. The summed E-state index contributed by atoms with van der Waals surface area (Å²) in [6.07, 6.45) is 0.120. The number of hydrogen-bond donors (Lipinski definition) is 0. The molecule has 0 aliphatic carbocycles. The molecule has 168 valence electrons. The monoisotopic (exact) mass is 451 g/mol. The van der Waals surface area contributed by atoms with Crippen LogP contribution in [0.2, 0.25) is 0 Å². The van der Waals surface area contributed by atoms with Crippen LogP contribution in [0.4, 0.5) is 0 Å². The van der Waals surface area contributed by atoms with E-state index in [1.165, 1.54) is 0 Å². The number of carbonyl (C=O) groups excluding carboxylic acids is 1. The van der Waals surface area contributed by atoms with Crippen molar-refractivity contribution in [3.63, 3.8) is 0 Å². The van der Waals surface area contributed by atoms with E-state index < -0.39 is 0 Å². The van der Waals surface area contributed by atoms with Gasteiger partial charge in [0.05, 0.1) is 18.9 Å². The fraction of sp³-hybridized carbons (Fsp3) is 0.360. The Labute approximate surface area is 193 Å². The number of aromatic nitrogens is 1. The van der Waals surface area contributed by atoms with Gasteiger partial charge in [-0.3, -0.25) is 9.69 Å². The van der Waals surface area contributed by atoms with Crippen LogP contribution in [-0.2, 0) is 6.54 Å². The molecule has 3 aromatic rings. The first-order valence-corrected chi connectivity index (χ1v) is 11.8. The largest absolute Gasteiger partial charge is 0.497 e. The van der Waals surface area contributed by atoms with E-state index >= 15 is 0 Å². The molecule has 0 unspecified atom stereocenters. The van der Waals surface area contributed by atoms with Crippen LogP contribution in [0, 0.1) is 0 Å². The van der Waals surface area contributed by atoms with Crippen LogP contribution < -0.4 is 9.47 Å². The molecule has 1 saturated heterocycles. The van der Waals surface area contributed by atoms with Gasteiger partial charge in [0.15, 0.2) is 0 Å². The molecule has 1 aliphatic heterocycles. The number of nitrogens with zero attached hydrogens (tertiary/aromatic N) is 3. The Morgan fingerprint density at radius 3 is 2.28 bits per heavy atom. The highest BCUT2D eigenvalue weighted by atomic mass is 32.1. The van der Waals surface area contributed by atoms with Crippen molar-refractivity contribution < 1.29 is 14.3 Å². The van der Waals surface area contributed by atoms with Gasteiger partial charge in [-0.2, -0.15) is 0 Å². The molecule has 1 amide bonds. The summed E-state index contributed by atoms with van der Waals surface area (Å²) in [7, 11) is 1.67. The summed E-state index contributed by atoms with van der Waals surface area (Å²) in [5, 5.41) is 3.14. The van der Waals surface area contributed by atoms with E-state index in [-0.39, 0.29) is 12.0 Å². The van der Waals surface area contributed by atoms with Gasteiger partial charge in [0, 0.05) is 49.2 Å². The van der Waals surface area contributed by atoms with Crippen LogP contribution in [0.1, 0.15) is 29.9 Å². The SMILES string of the molecule is COc1ccc(-c2nc(CN3CCN(C(=O)c4ccc(OC(C)C)cc4)CC3)cs2)cc1. The standard InChI is InChI=1S/C25H29N3O3S/c1-18(2)31-23-10-6-20(7-11-23)25(29)28-14-12-27(13-15-28)16-21-17-32-24(26-21)19-4-8-22(30-3)9-5-19/h4-11,17-18H,12-16H2,1-3H3. The zero-order valence-corrected chi connectivity index (χ0v) is 19.6. The Morgan fingerprint density at radius 1 is 1.00 bits per heavy atom. The van der Waals surface area contributed by atoms with Crippen molar-refractivity contribution in [1.82, 2.24) is 14.8 Å². The quantitative estimate of drug-likeness (QED) is 0.527. The normalized spacial score (nSPS) is 14.6. The first-order chi connectivity index (χ1) is 15.5. The van der Waals surface area contributed by atoms with Crippen LogP contribution >= 0.6 is 11.3 Å². The van der Waals surface area contributed by atoms with Crippen molar-refractivity contribution in [2.24, 2.45) is 0 Å². The fourth-order valence-corrected chi connectivity index (χ4v) is 4.53. The Balaban J connectivity index is 1.29. The van der Waals surface area contributed by atoms with E-state index in [2.05, 4.69) is 10.3 Å². The highest BCUT2D eigenvalue weighted by Gasteiger charge is 2.23. The maximum Gasteiger partial charge on any atom is 0.253 e. The molecule has 2 aromatic carbocycles. The van der Waals surface area contributed by atoms with Gasteiger partial charge in [-0.05, 0) is 62.4 Å². The third kappa shape index (κ3) is 5.47. The lowest BCUT2D eigenvalue weighted by atomic mass is 10.1. The van der Waals surface area contributed by atoms with Crippen LogP contribution in [0.15, 0.2) is 53.9 Å². The number of ether oxygens (including phenoxy) is 2. The first kappa shape index (κ1) is 22.3. The van der Waals surface area contributed by atoms with E-state index in [4.69, 9.17) is 14.5 Å². The van der Waals surface area contributed by atoms with Crippen molar-refractivity contribution in [2.75, 3.05) is 33.3 Å². The Morgan fingerprint density at radius 2 is 1.66 bits per heavy atom. The van der Waals surface area contributed by atoms with Crippen molar-refractivity contribution in [2.45, 2.75) is 26.5 Å². The topological polar surface area (TPSA) is 54.9 Å². The van der Waals surface area contributed by atoms with Gasteiger partial charge in [-0.15, -0.1) is 11.3 Å². The minimum atomic E-state index is 0.0798. The van der Waals surface area contributed by atoms with E-state index in [9.17, 15) is 4.79 Å². The molecule has 0 saturated carbocycles. The maximum absolute atomic E-state index is 12.9. The molecule has 0 spiro atoms. The third-order valence-electron chi connectivity index (χ3n) is 5.41. The summed E-state index contributed by atoms with van der Waals surface area (Å²) in [5.74, 6) is 1.72. The summed E-state index contributed by atoms with van der Waals surface area (Å²) in [6, 6.07) is 15.4. The molecule has 0 N–H and O–H groups in total. The van der Waals surface area contributed by atoms with E-state index in [0.717, 1.165) is 60.5 Å². The molecular weight excluding hydrogens is 422 g/mol. The number of amides is 1. The second kappa shape index (κ2) is 10.1. The van der Waals surface area contributed by atoms with Crippen LogP contribution in [0.5, 0.6) is 11.5 Å². The molecule has 0 bridgehead atoms. The molecule has 1 fully saturated rings. The second-order valence-electron chi connectivity index (χ2n) is 8.13. The van der Waals surface area contributed by atoms with Crippen LogP contribution in [0.25, 0.3) is 10.6 Å². The lowest BCUT2D eigenvalue weighted by Gasteiger charge is -2.34. The maximum atomic E-state index is 12.9. The number of thiazole rings is 1. The molecule has 0 atom stereocenters. The number of methoxy groups -OCH3 is 1. The number of hydrogen-bond acceptors (Lipinski definition) is 6. The van der Waals surface area contributed by atoms with Crippen LogP contribution in [-0.4, -0.2) is 60.1 Å². The Bertz CT molecular complexity index is 1020. The van der Waals surface area contributed by atoms with Crippen LogP contribution in [0.3, 0.4) is 0 Å². The van der Waals surface area contributed by atoms with Gasteiger partial charge in [0.25, 0.3) is 5.91 Å². The fourth-order valence-electron chi connectivity index (χ4n) is 3.71. The third-order valence-corrected chi connectivity index (χ3v) is 6.35. The molecule has 1 aliphatic rings. The zero-order chi connectivity index (χ0) is 22.5. The molecule has 6 nitrogen and oxygen atoms in total. The number of carbonyl (C=O) groups is 1. The Hall–Kier alpha value is -2.90. The van der Waals surface area contributed by atoms with Gasteiger partial charge in [0.1, 0.15) is 16.5 Å². The molecule has 4 rings (SSSR count). The van der Waals surface area contributed by atoms with Crippen molar-refractivity contribution >= 4 is 17.2 Å². The molecule has 7 heteroatoms. The lowest BCUT2D eigenvalue weighted by Crippen LogP contribution is -2.48. The molecule has 32 heavy (non-hydrogen) atoms. The molecule has 2 heterocycles. The molecule has 0 radical (unpaired) electrons. The number of rotatable bonds is 7. The predicted octanol–water partition coefficient (Wildman–Crippen LogP) is 4.56. The van der Waals surface area contributed by atoms with Gasteiger partial charge in [-0.1, -0.05) is 0 Å². The Kier molecular flexibility index (Phi) is 7.07. The van der Waals surface area contributed by atoms with Gasteiger partial charge in [-0.25, -0.2) is 4.98 Å². The number of piperazine rings is 1. The highest BCUT2D eigenvalue weighted by molar-refractivity contribution is 7.13. The first-order valence-electron chi connectivity index (χ1n) is 10.9. The average Bonchev–Trinajstić information content (AvgIpc) is 3.28. The zero-order valence-electron chi connectivity index (χ0n) is 18.8. The second-order valence-corrected chi connectivity index (χ2v) is 8.99. The molecular formula is C25H29N3O3S. The molecule has 1 aromatic heterocycles. The van der Waals surface area contributed by atoms with E-state index in [1.54, 1.807) is 18.4 Å². The van der Waals surface area contributed by atoms with E-state index in [0.29, 0.717) is 5.56 Å². The highest BCUT2D eigenvalue weighted by Crippen LogP contribution is 2.26. The minimum absolute atomic E-state index is 0.0798. The van der Waals surface area contributed by atoms with Gasteiger partial charge in [0.2, 0.25) is 0 Å². The lowest BCUT2D eigenvalue weighted by molar-refractivity contribution is 0.0627. The van der Waals surface area contributed by atoms with Gasteiger partial charge < -0.3 is 14.4 Å². The summed E-state index contributed by atoms with van der Waals surface area (Å²) in [4.78, 5) is 21.9. The summed E-state index contributed by atoms with van der Waals surface area (Å²) in [5.41, 5.74) is 2.88. The van der Waals surface area contributed by atoms with Gasteiger partial charge >= 0.3 is 0 Å². The summed E-state index contributed by atoms with van der Waals surface area (Å²) < 4.78 is 10.9. The predicted molar refractivity (Wildman–Crippen MR) is 127 cm³/mol. The smallest absolute Gasteiger partial charge is 0.253 e. The average molecular weight is 452 g/mol. The minimum Gasteiger partial charge on any atom is -0.497 e. The van der Waals surface area contributed by atoms with Crippen molar-refractivity contribution in [1.29, 1.82) is 0 Å². The van der Waals surface area contributed by atoms with E-state index in [1.807, 2.05) is 67.3 Å².